The highest BCUT2D eigenvalue weighted by Gasteiger charge is 2.28. The highest BCUT2D eigenvalue weighted by Crippen LogP contribution is 2.31. The number of aromatic nitrogens is 1. The molecular weight excluding hydrogens is 232 g/mol. The Morgan fingerprint density at radius 2 is 2.12 bits per heavy atom. The summed E-state index contributed by atoms with van der Waals surface area (Å²) >= 11 is 1.75. The van der Waals surface area contributed by atoms with Crippen molar-refractivity contribution in [3.8, 4) is 0 Å². The van der Waals surface area contributed by atoms with Crippen LogP contribution in [0.2, 0.25) is 0 Å². The largest absolute Gasteiger partial charge is 0.390 e. The van der Waals surface area contributed by atoms with Crippen molar-refractivity contribution in [2.75, 3.05) is 18.0 Å². The molecule has 1 saturated heterocycles. The number of hydrogen-bond donors (Lipinski definition) is 1. The second-order valence-corrected chi connectivity index (χ2v) is 5.90. The van der Waals surface area contributed by atoms with Gasteiger partial charge in [-0.3, -0.25) is 0 Å². The molecule has 1 aliphatic heterocycles. The van der Waals surface area contributed by atoms with Crippen LogP contribution >= 0.6 is 11.3 Å². The lowest BCUT2D eigenvalue weighted by molar-refractivity contribution is 0.0350. The predicted molar refractivity (Wildman–Crippen MR) is 71.7 cm³/mol. The molecule has 3 heterocycles. The number of piperidine rings is 1. The molecule has 2 aromatic rings. The Balaban J connectivity index is 1.92. The number of nitrogens with zero attached hydrogens (tertiary/aromatic N) is 2. The molecule has 0 atom stereocenters. The molecule has 2 aromatic heterocycles. The Bertz CT molecular complexity index is 525. The van der Waals surface area contributed by atoms with Crippen molar-refractivity contribution in [1.29, 1.82) is 0 Å². The van der Waals surface area contributed by atoms with Crippen molar-refractivity contribution >= 4 is 27.2 Å². The SMILES string of the molecule is CC1(O)CCN(c2nccc3sccc23)CC1. The molecule has 3 nitrogen and oxygen atoms in total. The summed E-state index contributed by atoms with van der Waals surface area (Å²) < 4.78 is 1.28. The van der Waals surface area contributed by atoms with Gasteiger partial charge in [0.05, 0.1) is 5.60 Å². The number of pyridine rings is 1. The van der Waals surface area contributed by atoms with Gasteiger partial charge in [-0.1, -0.05) is 0 Å². The zero-order valence-electron chi connectivity index (χ0n) is 9.89. The molecule has 4 heteroatoms. The van der Waals surface area contributed by atoms with E-state index in [1.165, 1.54) is 10.1 Å². The van der Waals surface area contributed by atoms with Gasteiger partial charge in [0.25, 0.3) is 0 Å². The van der Waals surface area contributed by atoms with Gasteiger partial charge >= 0.3 is 0 Å². The van der Waals surface area contributed by atoms with Crippen molar-refractivity contribution in [2.45, 2.75) is 25.4 Å². The number of aliphatic hydroxyl groups is 1. The fourth-order valence-electron chi connectivity index (χ4n) is 2.33. The quantitative estimate of drug-likeness (QED) is 0.843. The summed E-state index contributed by atoms with van der Waals surface area (Å²) in [6, 6.07) is 4.19. The lowest BCUT2D eigenvalue weighted by Crippen LogP contribution is -2.42. The molecule has 1 N–H and O–H groups in total. The van der Waals surface area contributed by atoms with E-state index < -0.39 is 5.60 Å². The average Bonchev–Trinajstić information content (AvgIpc) is 2.77. The minimum Gasteiger partial charge on any atom is -0.390 e. The molecule has 0 saturated carbocycles. The number of rotatable bonds is 1. The van der Waals surface area contributed by atoms with Gasteiger partial charge in [-0.05, 0) is 37.3 Å². The van der Waals surface area contributed by atoms with E-state index in [1.54, 1.807) is 11.3 Å². The van der Waals surface area contributed by atoms with Gasteiger partial charge in [0.1, 0.15) is 5.82 Å². The van der Waals surface area contributed by atoms with Gasteiger partial charge in [0.15, 0.2) is 0 Å². The van der Waals surface area contributed by atoms with Crippen LogP contribution in [0.25, 0.3) is 10.1 Å². The van der Waals surface area contributed by atoms with E-state index in [2.05, 4.69) is 27.4 Å². The number of fused-ring (bicyclic) bond motifs is 1. The summed E-state index contributed by atoms with van der Waals surface area (Å²) in [5, 5.41) is 13.3. The zero-order chi connectivity index (χ0) is 11.9. The van der Waals surface area contributed by atoms with Crippen LogP contribution in [-0.2, 0) is 0 Å². The van der Waals surface area contributed by atoms with Crippen LogP contribution in [0.1, 0.15) is 19.8 Å². The van der Waals surface area contributed by atoms with Gasteiger partial charge in [-0.25, -0.2) is 4.98 Å². The van der Waals surface area contributed by atoms with E-state index >= 15 is 0 Å². The zero-order valence-corrected chi connectivity index (χ0v) is 10.7. The van der Waals surface area contributed by atoms with Gasteiger partial charge in [-0.2, -0.15) is 0 Å². The Morgan fingerprint density at radius 3 is 2.88 bits per heavy atom. The summed E-state index contributed by atoms with van der Waals surface area (Å²) in [7, 11) is 0. The minimum atomic E-state index is -0.501. The van der Waals surface area contributed by atoms with Gasteiger partial charge < -0.3 is 10.0 Å². The molecular formula is C13H16N2OS. The first-order valence-corrected chi connectivity index (χ1v) is 6.83. The smallest absolute Gasteiger partial charge is 0.137 e. The summed E-state index contributed by atoms with van der Waals surface area (Å²) in [6.45, 7) is 3.69. The van der Waals surface area contributed by atoms with E-state index in [0.29, 0.717) is 0 Å². The van der Waals surface area contributed by atoms with Crippen molar-refractivity contribution in [3.63, 3.8) is 0 Å². The van der Waals surface area contributed by atoms with Crippen molar-refractivity contribution in [2.24, 2.45) is 0 Å². The average molecular weight is 248 g/mol. The maximum Gasteiger partial charge on any atom is 0.137 e. The number of hydrogen-bond acceptors (Lipinski definition) is 4. The van der Waals surface area contributed by atoms with Crippen LogP contribution in [0.3, 0.4) is 0 Å². The van der Waals surface area contributed by atoms with E-state index in [4.69, 9.17) is 0 Å². The summed E-state index contributed by atoms with van der Waals surface area (Å²) in [4.78, 5) is 6.79. The number of thiophene rings is 1. The predicted octanol–water partition coefficient (Wildman–Crippen LogP) is 2.65. The standard InChI is InChI=1S/C13H16N2OS/c1-13(16)4-7-15(8-5-13)12-10-3-9-17-11(10)2-6-14-12/h2-3,6,9,16H,4-5,7-8H2,1H3. The maximum absolute atomic E-state index is 9.97. The van der Waals surface area contributed by atoms with Crippen LogP contribution < -0.4 is 4.90 Å². The third-order valence-electron chi connectivity index (χ3n) is 3.50. The molecule has 0 amide bonds. The fourth-order valence-corrected chi connectivity index (χ4v) is 3.11. The second kappa shape index (κ2) is 3.96. The molecule has 90 valence electrons. The summed E-state index contributed by atoms with van der Waals surface area (Å²) in [5.41, 5.74) is -0.501. The normalized spacial score (nSPS) is 19.8. The lowest BCUT2D eigenvalue weighted by atomic mass is 9.94. The highest BCUT2D eigenvalue weighted by atomic mass is 32.1. The first-order valence-electron chi connectivity index (χ1n) is 5.95. The monoisotopic (exact) mass is 248 g/mol. The third-order valence-corrected chi connectivity index (χ3v) is 4.38. The van der Waals surface area contributed by atoms with E-state index in [-0.39, 0.29) is 0 Å². The minimum absolute atomic E-state index is 0.501. The van der Waals surface area contributed by atoms with E-state index in [9.17, 15) is 5.11 Å². The molecule has 1 fully saturated rings. The van der Waals surface area contributed by atoms with Crippen molar-refractivity contribution < 1.29 is 5.11 Å². The molecule has 0 aromatic carbocycles. The fraction of sp³-hybridized carbons (Fsp3) is 0.462. The van der Waals surface area contributed by atoms with Crippen molar-refractivity contribution in [1.82, 2.24) is 4.98 Å². The van der Waals surface area contributed by atoms with Crippen LogP contribution in [0.15, 0.2) is 23.7 Å². The topological polar surface area (TPSA) is 36.4 Å². The van der Waals surface area contributed by atoms with Gasteiger partial charge in [0, 0.05) is 29.4 Å². The Labute approximate surface area is 105 Å². The van der Waals surface area contributed by atoms with Gasteiger partial charge in [-0.15, -0.1) is 11.3 Å². The van der Waals surface area contributed by atoms with Crippen LogP contribution in [0.4, 0.5) is 5.82 Å². The molecule has 0 unspecified atom stereocenters. The molecule has 0 radical (unpaired) electrons. The lowest BCUT2D eigenvalue weighted by Gasteiger charge is -2.36. The summed E-state index contributed by atoms with van der Waals surface area (Å²) in [5.74, 6) is 1.07. The second-order valence-electron chi connectivity index (χ2n) is 4.95. The molecule has 3 rings (SSSR count). The van der Waals surface area contributed by atoms with Crippen LogP contribution in [0.5, 0.6) is 0 Å². The molecule has 0 spiro atoms. The molecule has 0 aliphatic carbocycles. The Morgan fingerprint density at radius 1 is 1.35 bits per heavy atom. The van der Waals surface area contributed by atoms with Crippen LogP contribution in [0, 0.1) is 0 Å². The first kappa shape index (κ1) is 11.0. The Hall–Kier alpha value is -1.13. The van der Waals surface area contributed by atoms with Crippen LogP contribution in [-0.4, -0.2) is 28.8 Å². The van der Waals surface area contributed by atoms with Gasteiger partial charge in [0.2, 0.25) is 0 Å². The number of anilines is 1. The summed E-state index contributed by atoms with van der Waals surface area (Å²) in [6.07, 6.45) is 3.51. The maximum atomic E-state index is 9.97. The molecule has 1 aliphatic rings. The van der Waals surface area contributed by atoms with E-state index in [0.717, 1.165) is 31.7 Å². The molecule has 17 heavy (non-hydrogen) atoms. The van der Waals surface area contributed by atoms with E-state index in [1.807, 2.05) is 13.1 Å². The Kier molecular flexibility index (Phi) is 2.56. The molecule has 0 bridgehead atoms. The third kappa shape index (κ3) is 2.03. The first-order chi connectivity index (χ1) is 8.16. The highest BCUT2D eigenvalue weighted by molar-refractivity contribution is 7.17. The van der Waals surface area contributed by atoms with Crippen molar-refractivity contribution in [3.05, 3.63) is 23.7 Å².